The van der Waals surface area contributed by atoms with Crippen LogP contribution in [0.5, 0.6) is 0 Å². The molecule has 1 saturated heterocycles. The van der Waals surface area contributed by atoms with Crippen molar-refractivity contribution in [3.05, 3.63) is 11.6 Å². The lowest BCUT2D eigenvalue weighted by atomic mass is 9.90. The van der Waals surface area contributed by atoms with Crippen LogP contribution in [0.25, 0.3) is 0 Å². The Morgan fingerprint density at radius 1 is 1.16 bits per heavy atom. The van der Waals surface area contributed by atoms with E-state index in [1.165, 1.54) is 13.8 Å². The lowest BCUT2D eigenvalue weighted by molar-refractivity contribution is -0.171. The summed E-state index contributed by atoms with van der Waals surface area (Å²) in [7, 11) is 0. The molecule has 0 aromatic heterocycles. The van der Waals surface area contributed by atoms with Crippen LogP contribution in [0.2, 0.25) is 0 Å². The van der Waals surface area contributed by atoms with Gasteiger partial charge in [-0.05, 0) is 18.6 Å². The number of fused-ring (bicyclic) bond motifs is 1. The minimum atomic E-state index is -0.900. The zero-order valence-electron chi connectivity index (χ0n) is 10.7. The molecule has 2 rings (SSSR count). The highest BCUT2D eigenvalue weighted by Gasteiger charge is 2.51. The molecule has 19 heavy (non-hydrogen) atoms. The van der Waals surface area contributed by atoms with Gasteiger partial charge in [-0.15, -0.1) is 0 Å². The number of esters is 2. The fourth-order valence-electron chi connectivity index (χ4n) is 2.21. The zero-order valence-corrected chi connectivity index (χ0v) is 10.7. The predicted octanol–water partition coefficient (Wildman–Crippen LogP) is 0.714. The summed E-state index contributed by atoms with van der Waals surface area (Å²) in [5.41, 5.74) is 0.640. The van der Waals surface area contributed by atoms with E-state index in [1.54, 1.807) is 13.0 Å². The van der Waals surface area contributed by atoms with Crippen molar-refractivity contribution in [2.45, 2.75) is 45.2 Å². The van der Waals surface area contributed by atoms with E-state index in [4.69, 9.17) is 18.9 Å². The van der Waals surface area contributed by atoms with Gasteiger partial charge >= 0.3 is 18.1 Å². The van der Waals surface area contributed by atoms with Gasteiger partial charge in [0.05, 0.1) is 0 Å². The third kappa shape index (κ3) is 2.69. The summed E-state index contributed by atoms with van der Waals surface area (Å²) in [6, 6.07) is 0. The van der Waals surface area contributed by atoms with Crippen molar-refractivity contribution < 1.29 is 33.3 Å². The molecule has 1 fully saturated rings. The molecule has 1 heterocycles. The van der Waals surface area contributed by atoms with Crippen molar-refractivity contribution >= 4 is 18.1 Å². The number of hydrogen-bond acceptors (Lipinski definition) is 7. The standard InChI is InChI=1S/C12H14O7/c1-5-4-8-10(19-12(15)18-8)11(17-7(3)14)9(5)16-6(2)13/h4,8-11H,1-3H3/t8-,9+,10-,11-/m0/s1. The molecule has 1 aliphatic heterocycles. The van der Waals surface area contributed by atoms with Gasteiger partial charge in [0.25, 0.3) is 0 Å². The second-order valence-corrected chi connectivity index (χ2v) is 4.43. The highest BCUT2D eigenvalue weighted by Crippen LogP contribution is 2.32. The Kier molecular flexibility index (Phi) is 3.46. The second kappa shape index (κ2) is 4.91. The monoisotopic (exact) mass is 270 g/mol. The summed E-state index contributed by atoms with van der Waals surface area (Å²) in [4.78, 5) is 33.4. The van der Waals surface area contributed by atoms with Gasteiger partial charge in [0, 0.05) is 13.8 Å². The van der Waals surface area contributed by atoms with Crippen molar-refractivity contribution in [3.63, 3.8) is 0 Å². The molecule has 0 unspecified atom stereocenters. The highest BCUT2D eigenvalue weighted by atomic mass is 16.8. The number of rotatable bonds is 2. The topological polar surface area (TPSA) is 88.1 Å². The van der Waals surface area contributed by atoms with Crippen molar-refractivity contribution in [2.24, 2.45) is 0 Å². The molecule has 1 aliphatic carbocycles. The Hall–Kier alpha value is -2.05. The number of carbonyl (C=O) groups is 3. The molecule has 0 bridgehead atoms. The van der Waals surface area contributed by atoms with E-state index in [2.05, 4.69) is 0 Å². The van der Waals surface area contributed by atoms with E-state index in [1.807, 2.05) is 0 Å². The summed E-state index contributed by atoms with van der Waals surface area (Å²) < 4.78 is 20.1. The van der Waals surface area contributed by atoms with Crippen molar-refractivity contribution in [1.29, 1.82) is 0 Å². The Bertz CT molecular complexity index is 453. The lowest BCUT2D eigenvalue weighted by Gasteiger charge is -2.34. The van der Waals surface area contributed by atoms with E-state index in [0.717, 1.165) is 0 Å². The first-order chi connectivity index (χ1) is 8.88. The molecule has 4 atom stereocenters. The number of carbonyl (C=O) groups excluding carboxylic acids is 3. The van der Waals surface area contributed by atoms with Crippen LogP contribution in [0.1, 0.15) is 20.8 Å². The Balaban J connectivity index is 2.29. The molecule has 0 aromatic carbocycles. The van der Waals surface area contributed by atoms with Gasteiger partial charge in [-0.3, -0.25) is 9.59 Å². The summed E-state index contributed by atoms with van der Waals surface area (Å²) in [5, 5.41) is 0. The van der Waals surface area contributed by atoms with Gasteiger partial charge in [0.2, 0.25) is 0 Å². The van der Waals surface area contributed by atoms with Crippen molar-refractivity contribution in [1.82, 2.24) is 0 Å². The minimum absolute atomic E-state index is 0.515. The van der Waals surface area contributed by atoms with E-state index in [9.17, 15) is 14.4 Å². The van der Waals surface area contributed by atoms with Gasteiger partial charge < -0.3 is 18.9 Å². The first-order valence-electron chi connectivity index (χ1n) is 5.78. The molecular formula is C12H14O7. The van der Waals surface area contributed by atoms with E-state index in [-0.39, 0.29) is 0 Å². The maximum Gasteiger partial charge on any atom is 0.509 e. The maximum absolute atomic E-state index is 11.2. The summed E-state index contributed by atoms with van der Waals surface area (Å²) in [5.74, 6) is -1.07. The van der Waals surface area contributed by atoms with Crippen LogP contribution in [-0.2, 0) is 28.5 Å². The Morgan fingerprint density at radius 2 is 1.79 bits per heavy atom. The van der Waals surface area contributed by atoms with Gasteiger partial charge in [0.15, 0.2) is 24.4 Å². The SMILES string of the molecule is CC(=O)O[C@@H]1[C@H]2OC(=O)O[C@H]2C=C(C)[C@H]1OC(C)=O. The summed E-state index contributed by atoms with van der Waals surface area (Å²) in [6.45, 7) is 4.18. The first-order valence-corrected chi connectivity index (χ1v) is 5.78. The molecule has 104 valence electrons. The first kappa shape index (κ1) is 13.4. The van der Waals surface area contributed by atoms with Gasteiger partial charge in [0.1, 0.15) is 0 Å². The average Bonchev–Trinajstić information content (AvgIpc) is 2.62. The predicted molar refractivity (Wildman–Crippen MR) is 60.0 cm³/mol. The van der Waals surface area contributed by atoms with Gasteiger partial charge in [-0.2, -0.15) is 0 Å². The number of hydrogen-bond donors (Lipinski definition) is 0. The molecule has 0 amide bonds. The number of ether oxygens (including phenoxy) is 4. The van der Waals surface area contributed by atoms with Crippen molar-refractivity contribution in [2.75, 3.05) is 0 Å². The molecule has 0 N–H and O–H groups in total. The normalized spacial score (nSPS) is 32.6. The van der Waals surface area contributed by atoms with E-state index >= 15 is 0 Å². The molecule has 7 heteroatoms. The van der Waals surface area contributed by atoms with E-state index in [0.29, 0.717) is 5.57 Å². The molecule has 0 radical (unpaired) electrons. The Labute approximate surface area is 109 Å². The van der Waals surface area contributed by atoms with Crippen LogP contribution in [0, 0.1) is 0 Å². The van der Waals surface area contributed by atoms with Crippen LogP contribution < -0.4 is 0 Å². The quantitative estimate of drug-likeness (QED) is 0.415. The second-order valence-electron chi connectivity index (χ2n) is 4.43. The maximum atomic E-state index is 11.2. The van der Waals surface area contributed by atoms with Crippen LogP contribution in [-0.4, -0.2) is 42.5 Å². The molecule has 0 spiro atoms. The Morgan fingerprint density at radius 3 is 2.37 bits per heavy atom. The molecule has 0 aromatic rings. The van der Waals surface area contributed by atoms with Crippen LogP contribution in [0.4, 0.5) is 4.79 Å². The van der Waals surface area contributed by atoms with E-state index < -0.39 is 42.5 Å². The lowest BCUT2D eigenvalue weighted by Crippen LogP contribution is -2.50. The smallest absolute Gasteiger partial charge is 0.454 e. The third-order valence-corrected chi connectivity index (χ3v) is 2.88. The molecule has 2 aliphatic rings. The van der Waals surface area contributed by atoms with Gasteiger partial charge in [-0.1, -0.05) is 0 Å². The molecular weight excluding hydrogens is 256 g/mol. The largest absolute Gasteiger partial charge is 0.509 e. The van der Waals surface area contributed by atoms with Crippen molar-refractivity contribution in [3.8, 4) is 0 Å². The highest BCUT2D eigenvalue weighted by molar-refractivity contribution is 5.69. The van der Waals surface area contributed by atoms with Gasteiger partial charge in [-0.25, -0.2) is 4.79 Å². The van der Waals surface area contributed by atoms with Crippen LogP contribution >= 0.6 is 0 Å². The average molecular weight is 270 g/mol. The fourth-order valence-corrected chi connectivity index (χ4v) is 2.21. The van der Waals surface area contributed by atoms with Crippen LogP contribution in [0.3, 0.4) is 0 Å². The summed E-state index contributed by atoms with van der Waals surface area (Å²) in [6.07, 6.45) is -2.32. The minimum Gasteiger partial charge on any atom is -0.454 e. The summed E-state index contributed by atoms with van der Waals surface area (Å²) >= 11 is 0. The molecule has 7 nitrogen and oxygen atoms in total. The third-order valence-electron chi connectivity index (χ3n) is 2.88. The van der Waals surface area contributed by atoms with Crippen LogP contribution in [0.15, 0.2) is 11.6 Å². The fraction of sp³-hybridized carbons (Fsp3) is 0.583. The zero-order chi connectivity index (χ0) is 14.2. The molecule has 0 saturated carbocycles.